The zero-order chi connectivity index (χ0) is 18.6. The van der Waals surface area contributed by atoms with E-state index < -0.39 is 0 Å². The van der Waals surface area contributed by atoms with E-state index in [4.69, 9.17) is 15.0 Å². The van der Waals surface area contributed by atoms with E-state index in [0.29, 0.717) is 24.2 Å². The maximum Gasteiger partial charge on any atom is 0.255 e. The Morgan fingerprint density at radius 2 is 1.96 bits per heavy atom. The molecule has 2 fully saturated rings. The number of aryl methyl sites for hydroxylation is 1. The maximum absolute atomic E-state index is 6.19. The first-order valence-electron chi connectivity index (χ1n) is 9.21. The number of halogens is 1. The van der Waals surface area contributed by atoms with Crippen LogP contribution in [0.1, 0.15) is 30.7 Å². The van der Waals surface area contributed by atoms with E-state index in [-0.39, 0.29) is 36.2 Å². The van der Waals surface area contributed by atoms with Crippen LogP contribution in [-0.2, 0) is 4.74 Å². The Bertz CT molecular complexity index is 778. The Morgan fingerprint density at radius 3 is 2.64 bits per heavy atom. The van der Waals surface area contributed by atoms with Crippen molar-refractivity contribution in [3.63, 3.8) is 0 Å². The molecular formula is C17H25IN8O2. The van der Waals surface area contributed by atoms with Gasteiger partial charge in [-0.1, -0.05) is 5.16 Å². The van der Waals surface area contributed by atoms with Crippen molar-refractivity contribution < 1.29 is 9.26 Å². The summed E-state index contributed by atoms with van der Waals surface area (Å²) in [5.74, 6) is 2.49. The summed E-state index contributed by atoms with van der Waals surface area (Å²) in [6.45, 7) is 5.56. The molecule has 2 aliphatic heterocycles. The van der Waals surface area contributed by atoms with E-state index in [9.17, 15) is 0 Å². The normalized spacial score (nSPS) is 23.0. The summed E-state index contributed by atoms with van der Waals surface area (Å²) in [7, 11) is 0. The highest BCUT2D eigenvalue weighted by atomic mass is 127. The van der Waals surface area contributed by atoms with Crippen LogP contribution >= 0.6 is 24.0 Å². The Morgan fingerprint density at radius 1 is 1.21 bits per heavy atom. The highest BCUT2D eigenvalue weighted by molar-refractivity contribution is 14.0. The number of piperazine rings is 1. The maximum atomic E-state index is 6.19. The highest BCUT2D eigenvalue weighted by Crippen LogP contribution is 2.31. The minimum atomic E-state index is -0.137. The lowest BCUT2D eigenvalue weighted by Gasteiger charge is -2.35. The molecule has 0 spiro atoms. The zero-order valence-electron chi connectivity index (χ0n) is 15.8. The van der Waals surface area contributed by atoms with Crippen molar-refractivity contribution in [3.05, 3.63) is 30.2 Å². The first-order valence-corrected chi connectivity index (χ1v) is 9.21. The molecule has 0 aromatic carbocycles. The molecule has 10 nitrogen and oxygen atoms in total. The number of aromatic nitrogens is 4. The summed E-state index contributed by atoms with van der Waals surface area (Å²) < 4.78 is 11.2. The van der Waals surface area contributed by atoms with Gasteiger partial charge in [0.05, 0.1) is 12.6 Å². The Balaban J connectivity index is 0.00000225. The second kappa shape index (κ2) is 9.45. The molecule has 4 heterocycles. The standard InChI is InChI=1S/C17H24N8O2.HI/c1-12-22-15(27-23-12)14-4-3-13(26-14)11-21-16(18)24-7-9-25(10-8-24)17-19-5-2-6-20-17;/h2,5-6,13-14H,3-4,7-11H2,1H3,(H2,18,21);1H/t13-,14+;/m1./s1. The monoisotopic (exact) mass is 500 g/mol. The molecule has 0 amide bonds. The largest absolute Gasteiger partial charge is 0.370 e. The molecule has 152 valence electrons. The van der Waals surface area contributed by atoms with E-state index >= 15 is 0 Å². The van der Waals surface area contributed by atoms with Gasteiger partial charge in [0.2, 0.25) is 5.95 Å². The molecule has 0 unspecified atom stereocenters. The van der Waals surface area contributed by atoms with E-state index in [2.05, 4.69) is 34.9 Å². The number of nitrogens with two attached hydrogens (primary N) is 1. The van der Waals surface area contributed by atoms with Crippen molar-refractivity contribution in [1.82, 2.24) is 25.0 Å². The van der Waals surface area contributed by atoms with Crippen LogP contribution in [0.3, 0.4) is 0 Å². The number of anilines is 1. The van der Waals surface area contributed by atoms with Crippen molar-refractivity contribution in [2.75, 3.05) is 37.6 Å². The van der Waals surface area contributed by atoms with Gasteiger partial charge in [0.15, 0.2) is 11.8 Å². The molecule has 4 rings (SSSR count). The third-order valence-electron chi connectivity index (χ3n) is 4.82. The van der Waals surface area contributed by atoms with Gasteiger partial charge in [-0.05, 0) is 25.8 Å². The van der Waals surface area contributed by atoms with Gasteiger partial charge in [-0.3, -0.25) is 4.99 Å². The zero-order valence-corrected chi connectivity index (χ0v) is 18.1. The molecule has 2 N–H and O–H groups in total. The fraction of sp³-hybridized carbons (Fsp3) is 0.588. The minimum Gasteiger partial charge on any atom is -0.370 e. The van der Waals surface area contributed by atoms with Crippen LogP contribution in [0.4, 0.5) is 5.95 Å². The predicted octanol–water partition coefficient (Wildman–Crippen LogP) is 1.14. The van der Waals surface area contributed by atoms with Crippen molar-refractivity contribution in [3.8, 4) is 0 Å². The second-order valence-electron chi connectivity index (χ2n) is 6.73. The first kappa shape index (κ1) is 20.7. The number of nitrogens with zero attached hydrogens (tertiary/aromatic N) is 7. The fourth-order valence-corrected chi connectivity index (χ4v) is 3.35. The van der Waals surface area contributed by atoms with Gasteiger partial charge in [-0.2, -0.15) is 4.98 Å². The fourth-order valence-electron chi connectivity index (χ4n) is 3.35. The average molecular weight is 500 g/mol. The van der Waals surface area contributed by atoms with Gasteiger partial charge in [0, 0.05) is 38.6 Å². The number of hydrogen-bond acceptors (Lipinski definition) is 8. The molecule has 2 aromatic rings. The van der Waals surface area contributed by atoms with E-state index in [0.717, 1.165) is 45.0 Å². The molecule has 0 saturated carbocycles. The lowest BCUT2D eigenvalue weighted by atomic mass is 10.2. The van der Waals surface area contributed by atoms with Crippen molar-refractivity contribution in [1.29, 1.82) is 0 Å². The minimum absolute atomic E-state index is 0. The van der Waals surface area contributed by atoms with Crippen LogP contribution < -0.4 is 10.6 Å². The molecule has 0 radical (unpaired) electrons. The molecule has 0 bridgehead atoms. The van der Waals surface area contributed by atoms with Crippen LogP contribution in [0.5, 0.6) is 0 Å². The lowest BCUT2D eigenvalue weighted by Crippen LogP contribution is -2.51. The average Bonchev–Trinajstić information content (AvgIpc) is 3.36. The van der Waals surface area contributed by atoms with Crippen LogP contribution in [0, 0.1) is 6.92 Å². The van der Waals surface area contributed by atoms with Crippen LogP contribution in [0.2, 0.25) is 0 Å². The van der Waals surface area contributed by atoms with Gasteiger partial charge in [0.25, 0.3) is 5.89 Å². The third-order valence-corrected chi connectivity index (χ3v) is 4.82. The van der Waals surface area contributed by atoms with E-state index in [1.54, 1.807) is 19.3 Å². The first-order chi connectivity index (χ1) is 13.2. The van der Waals surface area contributed by atoms with Gasteiger partial charge < -0.3 is 24.8 Å². The van der Waals surface area contributed by atoms with Gasteiger partial charge in [-0.25, -0.2) is 9.97 Å². The number of hydrogen-bond donors (Lipinski definition) is 1. The topological polar surface area (TPSA) is 119 Å². The summed E-state index contributed by atoms with van der Waals surface area (Å²) in [6, 6.07) is 1.82. The number of rotatable bonds is 4. The predicted molar refractivity (Wildman–Crippen MR) is 114 cm³/mol. The third kappa shape index (κ3) is 4.87. The van der Waals surface area contributed by atoms with Crippen LogP contribution in [0.25, 0.3) is 0 Å². The van der Waals surface area contributed by atoms with Crippen molar-refractivity contribution in [2.45, 2.75) is 32.0 Å². The smallest absolute Gasteiger partial charge is 0.255 e. The molecule has 2 atom stereocenters. The number of guanidine groups is 1. The van der Waals surface area contributed by atoms with E-state index in [1.165, 1.54) is 0 Å². The van der Waals surface area contributed by atoms with Crippen LogP contribution in [0.15, 0.2) is 28.0 Å². The molecule has 0 aliphatic carbocycles. The van der Waals surface area contributed by atoms with Crippen molar-refractivity contribution in [2.24, 2.45) is 10.7 Å². The molecule has 11 heteroatoms. The Labute approximate surface area is 180 Å². The summed E-state index contributed by atoms with van der Waals surface area (Å²) in [5, 5.41) is 3.82. The summed E-state index contributed by atoms with van der Waals surface area (Å²) in [6.07, 6.45) is 5.17. The van der Waals surface area contributed by atoms with Crippen LogP contribution in [-0.4, -0.2) is 69.8 Å². The van der Waals surface area contributed by atoms with Gasteiger partial charge >= 0.3 is 0 Å². The number of ether oxygens (including phenoxy) is 1. The summed E-state index contributed by atoms with van der Waals surface area (Å²) >= 11 is 0. The summed E-state index contributed by atoms with van der Waals surface area (Å²) in [4.78, 5) is 21.6. The molecular weight excluding hydrogens is 475 g/mol. The van der Waals surface area contributed by atoms with E-state index in [1.807, 2.05) is 6.07 Å². The highest BCUT2D eigenvalue weighted by Gasteiger charge is 2.30. The molecule has 2 saturated heterocycles. The second-order valence-corrected chi connectivity index (χ2v) is 6.73. The Hall–Kier alpha value is -2.02. The van der Waals surface area contributed by atoms with Crippen molar-refractivity contribution >= 4 is 35.9 Å². The molecule has 2 aliphatic rings. The summed E-state index contributed by atoms with van der Waals surface area (Å²) in [5.41, 5.74) is 6.19. The SMILES string of the molecule is Cc1noc([C@@H]2CC[C@H](CN=C(N)N3CCN(c4ncccn4)CC3)O2)n1.I. The number of aliphatic imine (C=N–C) groups is 1. The van der Waals surface area contributed by atoms with Gasteiger partial charge in [-0.15, -0.1) is 24.0 Å². The molecule has 28 heavy (non-hydrogen) atoms. The lowest BCUT2D eigenvalue weighted by molar-refractivity contribution is 0.0308. The quantitative estimate of drug-likeness (QED) is 0.375. The molecule has 2 aromatic heterocycles. The Kier molecular flexibility index (Phi) is 6.99. The van der Waals surface area contributed by atoms with Gasteiger partial charge in [0.1, 0.15) is 6.10 Å².